The van der Waals surface area contributed by atoms with Crippen LogP contribution in [-0.4, -0.2) is 44.7 Å². The van der Waals surface area contributed by atoms with E-state index in [9.17, 15) is 4.79 Å². The molecule has 2 heterocycles. The van der Waals surface area contributed by atoms with Crippen molar-refractivity contribution in [2.24, 2.45) is 0 Å². The van der Waals surface area contributed by atoms with Crippen LogP contribution in [0.1, 0.15) is 18.7 Å². The van der Waals surface area contributed by atoms with E-state index in [2.05, 4.69) is 15.2 Å². The molecule has 1 aliphatic rings. The summed E-state index contributed by atoms with van der Waals surface area (Å²) in [6.07, 6.45) is 3.10. The molecule has 7 heteroatoms. The van der Waals surface area contributed by atoms with Gasteiger partial charge < -0.3 is 9.84 Å². The van der Waals surface area contributed by atoms with Crippen LogP contribution in [0.15, 0.2) is 5.16 Å². The number of carboxylic acid groups (broad SMARTS) is 1. The molecule has 1 aromatic rings. The van der Waals surface area contributed by atoms with Gasteiger partial charge in [0.05, 0.1) is 11.9 Å². The molecule has 0 bridgehead atoms. The van der Waals surface area contributed by atoms with Crippen molar-refractivity contribution in [3.63, 3.8) is 0 Å². The first kappa shape index (κ1) is 11.4. The second-order valence-electron chi connectivity index (χ2n) is 3.59. The molecule has 6 nitrogen and oxygen atoms in total. The lowest BCUT2D eigenvalue weighted by Crippen LogP contribution is -2.09. The van der Waals surface area contributed by atoms with Gasteiger partial charge in [0.15, 0.2) is 0 Å². The van der Waals surface area contributed by atoms with Gasteiger partial charge in [-0.1, -0.05) is 11.8 Å². The fourth-order valence-corrected chi connectivity index (χ4v) is 2.12. The molecule has 0 spiro atoms. The van der Waals surface area contributed by atoms with E-state index < -0.39 is 5.97 Å². The van der Waals surface area contributed by atoms with Crippen LogP contribution in [0, 0.1) is 0 Å². The summed E-state index contributed by atoms with van der Waals surface area (Å²) in [5, 5.41) is 15.7. The largest absolute Gasteiger partial charge is 0.481 e. The van der Waals surface area contributed by atoms with Gasteiger partial charge in [0.25, 0.3) is 0 Å². The highest BCUT2D eigenvalue weighted by molar-refractivity contribution is 7.99. The van der Waals surface area contributed by atoms with Crippen LogP contribution in [0.4, 0.5) is 0 Å². The van der Waals surface area contributed by atoms with Gasteiger partial charge in [0, 0.05) is 13.0 Å². The number of aromatic amines is 1. The van der Waals surface area contributed by atoms with Gasteiger partial charge in [0.1, 0.15) is 5.82 Å². The van der Waals surface area contributed by atoms with E-state index in [1.807, 2.05) is 0 Å². The zero-order valence-electron chi connectivity index (χ0n) is 8.68. The molecule has 0 amide bonds. The lowest BCUT2D eigenvalue weighted by Gasteiger charge is -2.04. The van der Waals surface area contributed by atoms with Gasteiger partial charge in [-0.2, -0.15) is 0 Å². The minimum Gasteiger partial charge on any atom is -0.481 e. The molecule has 1 fully saturated rings. The fraction of sp³-hybridized carbons (Fsp3) is 0.667. The molecule has 2 N–H and O–H groups in total. The lowest BCUT2D eigenvalue weighted by molar-refractivity contribution is -0.133. The minimum absolute atomic E-state index is 0.0166. The molecule has 1 saturated heterocycles. The molecule has 0 aliphatic carbocycles. The Bertz CT molecular complexity index is 363. The third kappa shape index (κ3) is 3.21. The van der Waals surface area contributed by atoms with Crippen LogP contribution in [0.25, 0.3) is 0 Å². The van der Waals surface area contributed by atoms with Crippen LogP contribution >= 0.6 is 11.8 Å². The maximum Gasteiger partial charge on any atom is 0.313 e. The molecule has 0 saturated carbocycles. The second kappa shape index (κ2) is 5.31. The van der Waals surface area contributed by atoms with Gasteiger partial charge in [0.2, 0.25) is 5.16 Å². The van der Waals surface area contributed by atoms with Crippen molar-refractivity contribution < 1.29 is 14.6 Å². The summed E-state index contributed by atoms with van der Waals surface area (Å²) in [6.45, 7) is 0.819. The van der Waals surface area contributed by atoms with E-state index in [4.69, 9.17) is 9.84 Å². The molecule has 1 unspecified atom stereocenters. The summed E-state index contributed by atoms with van der Waals surface area (Å²) in [5.41, 5.74) is 0. The predicted octanol–water partition coefficient (Wildman–Crippen LogP) is 0.703. The number of hydrogen-bond donors (Lipinski definition) is 2. The van der Waals surface area contributed by atoms with Crippen molar-refractivity contribution in [2.75, 3.05) is 12.4 Å². The first-order chi connectivity index (χ1) is 7.74. The quantitative estimate of drug-likeness (QED) is 0.740. The Morgan fingerprint density at radius 2 is 2.56 bits per heavy atom. The number of carboxylic acids is 1. The molecular weight excluding hydrogens is 230 g/mol. The van der Waals surface area contributed by atoms with Crippen molar-refractivity contribution in [1.29, 1.82) is 0 Å². The summed E-state index contributed by atoms with van der Waals surface area (Å²) in [5.74, 6) is -0.118. The fourth-order valence-electron chi connectivity index (χ4n) is 1.58. The van der Waals surface area contributed by atoms with Crippen molar-refractivity contribution >= 4 is 17.7 Å². The molecule has 1 aliphatic heterocycles. The Morgan fingerprint density at radius 1 is 1.69 bits per heavy atom. The van der Waals surface area contributed by atoms with Crippen LogP contribution < -0.4 is 0 Å². The Kier molecular flexibility index (Phi) is 3.79. The third-order valence-electron chi connectivity index (χ3n) is 2.28. The molecule has 0 radical (unpaired) electrons. The number of aliphatic carboxylic acids is 1. The molecule has 1 aromatic heterocycles. The maximum absolute atomic E-state index is 10.4. The molecule has 16 heavy (non-hydrogen) atoms. The average molecular weight is 243 g/mol. The molecule has 88 valence electrons. The number of hydrogen-bond acceptors (Lipinski definition) is 5. The number of nitrogens with one attached hydrogen (secondary N) is 1. The van der Waals surface area contributed by atoms with Crippen molar-refractivity contribution in [3.8, 4) is 0 Å². The summed E-state index contributed by atoms with van der Waals surface area (Å²) in [6, 6.07) is 0. The van der Waals surface area contributed by atoms with E-state index in [0.717, 1.165) is 43.5 Å². The highest BCUT2D eigenvalue weighted by atomic mass is 32.2. The minimum atomic E-state index is -0.865. The Labute approximate surface area is 96.8 Å². The number of nitrogens with zero attached hydrogens (tertiary/aromatic N) is 2. The number of thioether (sulfide) groups is 1. The number of aromatic nitrogens is 3. The summed E-state index contributed by atoms with van der Waals surface area (Å²) in [4.78, 5) is 14.6. The van der Waals surface area contributed by atoms with Gasteiger partial charge in [-0.3, -0.25) is 9.89 Å². The van der Waals surface area contributed by atoms with Gasteiger partial charge in [-0.15, -0.1) is 5.10 Å². The summed E-state index contributed by atoms with van der Waals surface area (Å²) >= 11 is 1.11. The smallest absolute Gasteiger partial charge is 0.313 e. The lowest BCUT2D eigenvalue weighted by atomic mass is 10.2. The van der Waals surface area contributed by atoms with Crippen LogP contribution in [0.3, 0.4) is 0 Å². The highest BCUT2D eigenvalue weighted by Crippen LogP contribution is 2.17. The van der Waals surface area contributed by atoms with Crippen LogP contribution in [0.5, 0.6) is 0 Å². The number of rotatable bonds is 5. The normalized spacial score (nSPS) is 20.1. The topological polar surface area (TPSA) is 88.1 Å². The number of ether oxygens (including phenoxy) is 1. The summed E-state index contributed by atoms with van der Waals surface area (Å²) in [7, 11) is 0. The van der Waals surface area contributed by atoms with Gasteiger partial charge in [-0.25, -0.2) is 4.98 Å². The molecular formula is C9H13N3O3S. The van der Waals surface area contributed by atoms with Crippen molar-refractivity contribution in [3.05, 3.63) is 5.82 Å². The first-order valence-electron chi connectivity index (χ1n) is 5.11. The van der Waals surface area contributed by atoms with E-state index in [1.165, 1.54) is 0 Å². The van der Waals surface area contributed by atoms with E-state index in [0.29, 0.717) is 5.16 Å². The Morgan fingerprint density at radius 3 is 3.25 bits per heavy atom. The van der Waals surface area contributed by atoms with Crippen molar-refractivity contribution in [2.45, 2.75) is 30.5 Å². The van der Waals surface area contributed by atoms with Gasteiger partial charge in [-0.05, 0) is 12.8 Å². The van der Waals surface area contributed by atoms with E-state index in [1.54, 1.807) is 0 Å². The van der Waals surface area contributed by atoms with Gasteiger partial charge >= 0.3 is 5.97 Å². The number of carbonyl (C=O) groups is 1. The Balaban J connectivity index is 1.84. The highest BCUT2D eigenvalue weighted by Gasteiger charge is 2.18. The third-order valence-corrected chi connectivity index (χ3v) is 3.11. The second-order valence-corrected chi connectivity index (χ2v) is 4.53. The zero-order chi connectivity index (χ0) is 11.4. The van der Waals surface area contributed by atoms with Crippen LogP contribution in [0.2, 0.25) is 0 Å². The first-order valence-corrected chi connectivity index (χ1v) is 6.10. The molecule has 0 aromatic carbocycles. The molecule has 1 atom stereocenters. The average Bonchev–Trinajstić information content (AvgIpc) is 2.87. The Hall–Kier alpha value is -1.08. The predicted molar refractivity (Wildman–Crippen MR) is 57.4 cm³/mol. The molecule has 2 rings (SSSR count). The zero-order valence-corrected chi connectivity index (χ0v) is 9.50. The van der Waals surface area contributed by atoms with Crippen LogP contribution in [-0.2, 0) is 16.0 Å². The number of H-pyrrole nitrogens is 1. The van der Waals surface area contributed by atoms with E-state index in [-0.39, 0.29) is 11.9 Å². The standard InChI is InChI=1S/C9H13N3O3S/c13-8(14)5-16-9-10-7(11-12-9)4-6-2-1-3-15-6/h6H,1-5H2,(H,13,14)(H,10,11,12). The maximum atomic E-state index is 10.4. The van der Waals surface area contributed by atoms with E-state index >= 15 is 0 Å². The summed E-state index contributed by atoms with van der Waals surface area (Å²) < 4.78 is 5.48. The monoisotopic (exact) mass is 243 g/mol. The van der Waals surface area contributed by atoms with Crippen molar-refractivity contribution in [1.82, 2.24) is 15.2 Å². The SMILES string of the molecule is O=C(O)CSc1n[nH]c(CC2CCCO2)n1.